The van der Waals surface area contributed by atoms with Gasteiger partial charge in [0, 0.05) is 6.54 Å². The number of nitrogens with one attached hydrogen (secondary N) is 2. The molecule has 18 heavy (non-hydrogen) atoms. The van der Waals surface area contributed by atoms with E-state index in [0.717, 1.165) is 5.56 Å². The zero-order valence-corrected chi connectivity index (χ0v) is 10.8. The van der Waals surface area contributed by atoms with Crippen molar-refractivity contribution in [1.82, 2.24) is 10.6 Å². The highest BCUT2D eigenvalue weighted by atomic mass is 16.3. The summed E-state index contributed by atoms with van der Waals surface area (Å²) in [6.07, 6.45) is 0.0845. The lowest BCUT2D eigenvalue weighted by Gasteiger charge is -2.19. The predicted octanol–water partition coefficient (Wildman–Crippen LogP) is 0.895. The quantitative estimate of drug-likeness (QED) is 0.744. The van der Waals surface area contributed by atoms with Crippen LogP contribution in [0.4, 0.5) is 0 Å². The maximum atomic E-state index is 12.0. The lowest BCUT2D eigenvalue weighted by Crippen LogP contribution is -2.41. The van der Waals surface area contributed by atoms with Gasteiger partial charge in [-0.1, -0.05) is 24.3 Å². The van der Waals surface area contributed by atoms with Gasteiger partial charge in [0.2, 0.25) is 5.91 Å². The second kappa shape index (κ2) is 5.50. The molecule has 0 bridgehead atoms. The Morgan fingerprint density at radius 1 is 1.50 bits per heavy atom. The van der Waals surface area contributed by atoms with Crippen molar-refractivity contribution in [3.63, 3.8) is 0 Å². The third-order valence-corrected chi connectivity index (χ3v) is 3.44. The van der Waals surface area contributed by atoms with Crippen LogP contribution in [0.2, 0.25) is 0 Å². The molecule has 2 rings (SSSR count). The number of amides is 1. The Morgan fingerprint density at radius 3 is 2.83 bits per heavy atom. The third kappa shape index (κ3) is 2.89. The number of aliphatic hydroxyl groups is 1. The van der Waals surface area contributed by atoms with Gasteiger partial charge in [-0.15, -0.1) is 0 Å². The second-order valence-electron chi connectivity index (χ2n) is 4.94. The van der Waals surface area contributed by atoms with Crippen molar-refractivity contribution < 1.29 is 9.90 Å². The third-order valence-electron chi connectivity index (χ3n) is 3.44. The van der Waals surface area contributed by atoms with Crippen LogP contribution in [-0.4, -0.2) is 29.7 Å². The summed E-state index contributed by atoms with van der Waals surface area (Å²) in [6.45, 7) is 4.51. The summed E-state index contributed by atoms with van der Waals surface area (Å²) in [5, 5.41) is 15.4. The van der Waals surface area contributed by atoms with Crippen LogP contribution in [0.25, 0.3) is 0 Å². The number of rotatable bonds is 3. The van der Waals surface area contributed by atoms with E-state index in [2.05, 4.69) is 10.6 Å². The van der Waals surface area contributed by atoms with Gasteiger partial charge in [0.05, 0.1) is 18.2 Å². The Morgan fingerprint density at radius 2 is 2.22 bits per heavy atom. The normalized spacial score (nSPS) is 24.8. The van der Waals surface area contributed by atoms with E-state index in [-0.39, 0.29) is 18.0 Å². The number of benzene rings is 1. The van der Waals surface area contributed by atoms with Crippen molar-refractivity contribution in [2.24, 2.45) is 0 Å². The SMILES string of the molecule is Cc1ccccc1C(C)NC(=O)C1CC(O)CN1. The number of aryl methyl sites for hydroxylation is 1. The fraction of sp³-hybridized carbons (Fsp3) is 0.500. The van der Waals surface area contributed by atoms with Gasteiger partial charge in [0.25, 0.3) is 0 Å². The highest BCUT2D eigenvalue weighted by Gasteiger charge is 2.28. The molecule has 0 saturated carbocycles. The number of hydrogen-bond acceptors (Lipinski definition) is 3. The molecule has 3 N–H and O–H groups in total. The lowest BCUT2D eigenvalue weighted by atomic mass is 10.0. The number of carbonyl (C=O) groups is 1. The van der Waals surface area contributed by atoms with Crippen LogP contribution in [0, 0.1) is 6.92 Å². The Hall–Kier alpha value is -1.39. The van der Waals surface area contributed by atoms with E-state index >= 15 is 0 Å². The molecule has 1 amide bonds. The number of aliphatic hydroxyl groups excluding tert-OH is 1. The van der Waals surface area contributed by atoms with Crippen LogP contribution >= 0.6 is 0 Å². The van der Waals surface area contributed by atoms with E-state index < -0.39 is 6.10 Å². The first-order chi connectivity index (χ1) is 8.58. The summed E-state index contributed by atoms with van der Waals surface area (Å²) in [6, 6.07) is 7.74. The van der Waals surface area contributed by atoms with Crippen LogP contribution in [-0.2, 0) is 4.79 Å². The van der Waals surface area contributed by atoms with Gasteiger partial charge in [-0.2, -0.15) is 0 Å². The van der Waals surface area contributed by atoms with Gasteiger partial charge in [-0.05, 0) is 31.4 Å². The molecule has 0 spiro atoms. The Balaban J connectivity index is 1.97. The molecule has 4 nitrogen and oxygen atoms in total. The summed E-state index contributed by atoms with van der Waals surface area (Å²) >= 11 is 0. The molecule has 0 aromatic heterocycles. The van der Waals surface area contributed by atoms with E-state index in [1.165, 1.54) is 5.56 Å². The Bertz CT molecular complexity index is 434. The second-order valence-corrected chi connectivity index (χ2v) is 4.94. The molecular formula is C14H20N2O2. The van der Waals surface area contributed by atoms with Crippen molar-refractivity contribution in [2.75, 3.05) is 6.54 Å². The molecular weight excluding hydrogens is 228 g/mol. The predicted molar refractivity (Wildman–Crippen MR) is 70.2 cm³/mol. The van der Waals surface area contributed by atoms with E-state index in [1.54, 1.807) is 0 Å². The van der Waals surface area contributed by atoms with Gasteiger partial charge in [-0.25, -0.2) is 0 Å². The maximum Gasteiger partial charge on any atom is 0.237 e. The molecule has 3 unspecified atom stereocenters. The molecule has 0 aliphatic carbocycles. The summed E-state index contributed by atoms with van der Waals surface area (Å²) in [7, 11) is 0. The molecule has 1 heterocycles. The van der Waals surface area contributed by atoms with Crippen molar-refractivity contribution in [3.05, 3.63) is 35.4 Å². The fourth-order valence-electron chi connectivity index (χ4n) is 2.38. The Labute approximate surface area is 107 Å². The maximum absolute atomic E-state index is 12.0. The minimum absolute atomic E-state index is 0.0155. The van der Waals surface area contributed by atoms with Crippen LogP contribution < -0.4 is 10.6 Å². The van der Waals surface area contributed by atoms with Gasteiger partial charge >= 0.3 is 0 Å². The monoisotopic (exact) mass is 248 g/mol. The Kier molecular flexibility index (Phi) is 3.99. The summed E-state index contributed by atoms with van der Waals surface area (Å²) in [5.74, 6) is -0.0395. The zero-order valence-electron chi connectivity index (χ0n) is 10.8. The number of carbonyl (C=O) groups excluding carboxylic acids is 1. The molecule has 1 aliphatic heterocycles. The number of β-amino-alcohol motifs (C(OH)–C–C–N with tert-alkyl or cyclic N) is 1. The lowest BCUT2D eigenvalue weighted by molar-refractivity contribution is -0.123. The first kappa shape index (κ1) is 13.1. The average molecular weight is 248 g/mol. The van der Waals surface area contributed by atoms with Gasteiger partial charge < -0.3 is 15.7 Å². The molecule has 4 heteroatoms. The standard InChI is InChI=1S/C14H20N2O2/c1-9-5-3-4-6-12(9)10(2)16-14(18)13-7-11(17)8-15-13/h3-6,10-11,13,15,17H,7-8H2,1-2H3,(H,16,18). The van der Waals surface area contributed by atoms with E-state index in [9.17, 15) is 9.90 Å². The van der Waals surface area contributed by atoms with Crippen LogP contribution in [0.5, 0.6) is 0 Å². The van der Waals surface area contributed by atoms with Crippen LogP contribution in [0.1, 0.15) is 30.5 Å². The molecule has 98 valence electrons. The van der Waals surface area contributed by atoms with Crippen LogP contribution in [0.3, 0.4) is 0 Å². The minimum Gasteiger partial charge on any atom is -0.392 e. The summed E-state index contributed by atoms with van der Waals surface area (Å²) in [4.78, 5) is 12.0. The molecule has 1 fully saturated rings. The largest absolute Gasteiger partial charge is 0.392 e. The van der Waals surface area contributed by atoms with E-state index in [4.69, 9.17) is 0 Å². The van der Waals surface area contributed by atoms with E-state index in [1.807, 2.05) is 38.1 Å². The first-order valence-corrected chi connectivity index (χ1v) is 6.35. The first-order valence-electron chi connectivity index (χ1n) is 6.35. The van der Waals surface area contributed by atoms with E-state index in [0.29, 0.717) is 13.0 Å². The minimum atomic E-state index is -0.408. The van der Waals surface area contributed by atoms with Crippen LogP contribution in [0.15, 0.2) is 24.3 Å². The smallest absolute Gasteiger partial charge is 0.237 e. The van der Waals surface area contributed by atoms with Crippen molar-refractivity contribution in [1.29, 1.82) is 0 Å². The molecule has 1 aromatic carbocycles. The zero-order chi connectivity index (χ0) is 13.1. The molecule has 1 aromatic rings. The number of hydrogen-bond donors (Lipinski definition) is 3. The molecule has 1 saturated heterocycles. The summed E-state index contributed by atoms with van der Waals surface area (Å²) < 4.78 is 0. The highest BCUT2D eigenvalue weighted by molar-refractivity contribution is 5.82. The van der Waals surface area contributed by atoms with Gasteiger partial charge in [-0.3, -0.25) is 4.79 Å². The molecule has 1 aliphatic rings. The van der Waals surface area contributed by atoms with Crippen molar-refractivity contribution in [2.45, 2.75) is 38.5 Å². The van der Waals surface area contributed by atoms with Gasteiger partial charge in [0.1, 0.15) is 0 Å². The highest BCUT2D eigenvalue weighted by Crippen LogP contribution is 2.17. The average Bonchev–Trinajstić information content (AvgIpc) is 2.76. The molecule has 0 radical (unpaired) electrons. The summed E-state index contributed by atoms with van der Waals surface area (Å²) in [5.41, 5.74) is 2.30. The molecule has 3 atom stereocenters. The fourth-order valence-corrected chi connectivity index (χ4v) is 2.38. The van der Waals surface area contributed by atoms with Gasteiger partial charge in [0.15, 0.2) is 0 Å². The van der Waals surface area contributed by atoms with Crippen molar-refractivity contribution >= 4 is 5.91 Å². The topological polar surface area (TPSA) is 61.4 Å². The van der Waals surface area contributed by atoms with Crippen molar-refractivity contribution in [3.8, 4) is 0 Å².